The molecule has 0 aliphatic heterocycles. The number of para-hydroxylation sites is 1. The number of ketones is 8. The van der Waals surface area contributed by atoms with Crippen LogP contribution in [0.3, 0.4) is 0 Å². The number of hydrogen-bond acceptors (Lipinski definition) is 15. The van der Waals surface area contributed by atoms with Gasteiger partial charge in [0.1, 0.15) is 52.0 Å². The van der Waals surface area contributed by atoms with Crippen molar-refractivity contribution in [2.24, 2.45) is 22.7 Å². The topological polar surface area (TPSA) is 223 Å². The van der Waals surface area contributed by atoms with Gasteiger partial charge in [0, 0.05) is 158 Å². The van der Waals surface area contributed by atoms with Crippen molar-refractivity contribution in [3.8, 4) is 50.8 Å². The fourth-order valence-corrected chi connectivity index (χ4v) is 13.5. The van der Waals surface area contributed by atoms with Gasteiger partial charge in [0.15, 0.2) is 0 Å². The Kier molecular flexibility index (Phi) is 58.6. The zero-order valence-corrected chi connectivity index (χ0v) is 95.1. The third-order valence-electron chi connectivity index (χ3n) is 19.7. The molecule has 0 spiro atoms. The molecule has 0 amide bonds. The molecule has 0 saturated heterocycles. The third-order valence-corrected chi connectivity index (χ3v) is 19.7. The van der Waals surface area contributed by atoms with Crippen molar-refractivity contribution in [1.82, 2.24) is 29.9 Å². The van der Waals surface area contributed by atoms with Gasteiger partial charge in [-0.3, -0.25) is 58.2 Å². The van der Waals surface area contributed by atoms with Gasteiger partial charge in [0.05, 0.1) is 43.8 Å². The van der Waals surface area contributed by atoms with E-state index >= 15 is 0 Å². The fourth-order valence-electron chi connectivity index (χ4n) is 13.5. The summed E-state index contributed by atoms with van der Waals surface area (Å²) in [5, 5.41) is 6.10. The number of benzene rings is 8. The van der Waals surface area contributed by atoms with Crippen LogP contribution in [0, 0.1) is 84.6 Å². The number of aromatic nitrogens is 6. The molecule has 0 fully saturated rings. The van der Waals surface area contributed by atoms with Crippen LogP contribution in [0.2, 0.25) is 0 Å². The van der Waals surface area contributed by atoms with Crippen molar-refractivity contribution in [3.63, 3.8) is 0 Å². The summed E-state index contributed by atoms with van der Waals surface area (Å²) < 4.78 is 31.1. The molecule has 15 nitrogen and oxygen atoms in total. The number of pyridine rings is 6. The number of hydrogen-bond donors (Lipinski definition) is 0. The zero-order valence-electron chi connectivity index (χ0n) is 83.1. The van der Waals surface area contributed by atoms with Crippen molar-refractivity contribution in [2.75, 3.05) is 7.11 Å². The SMILES string of the molecule is CC(=O)CC(C)=O.CC(=O)CC(C)=O.CC(=O)CC(C)=O.CC(C)(C)C(=O)CC(=O)C(C)(C)C.CC1=CC(C)CC(c2ccc3c(C(C)C)cccc3n2)=[C-]1.COc1ccnc(-c2[c-]cc(F)cc2F)c1.C[C-]=Cc1ccc2ccccc2n1.Cc1[c-]c(-c2ccc3c(CC(C)C)cccc3n2)cc(C)c1.[Ir].[Ir].[Ir].[Ir].[Ir].[c-]1ccccc1-c1ccccn1.[c-]1ccccc1-c1nccc2ccccc12. The molecule has 0 N–H and O–H groups in total. The number of nitrogens with zero attached hydrogens (tertiary/aromatic N) is 6. The molecule has 15 rings (SSSR count). The van der Waals surface area contributed by atoms with E-state index in [2.05, 4.69) is 215 Å². The number of aryl methyl sites for hydroxylation is 2. The van der Waals surface area contributed by atoms with Crippen LogP contribution >= 0.6 is 0 Å². The average Bonchev–Trinajstić information content (AvgIpc) is 0.792. The van der Waals surface area contributed by atoms with Crippen molar-refractivity contribution in [3.05, 3.63) is 342 Å². The maximum atomic E-state index is 13.4. The second kappa shape index (κ2) is 64.5. The molecule has 8 aromatic carbocycles. The van der Waals surface area contributed by atoms with Crippen LogP contribution in [-0.4, -0.2) is 83.3 Å². The van der Waals surface area contributed by atoms with E-state index in [0.29, 0.717) is 29.2 Å². The van der Waals surface area contributed by atoms with E-state index in [4.69, 9.17) is 14.7 Å². The van der Waals surface area contributed by atoms with Gasteiger partial charge in [-0.2, -0.15) is 17.7 Å². The van der Waals surface area contributed by atoms with E-state index in [1.54, 1.807) is 18.3 Å². The van der Waals surface area contributed by atoms with Crippen LogP contribution in [-0.2, 0) is 145 Å². The fraction of sp³-hybridized carbons (Fsp3) is 0.282. The average molecular weight is 2760 g/mol. The van der Waals surface area contributed by atoms with Gasteiger partial charge in [-0.05, 0) is 158 Å². The summed E-state index contributed by atoms with van der Waals surface area (Å²) in [6.07, 6.45) is 18.2. The van der Waals surface area contributed by atoms with E-state index in [9.17, 15) is 47.1 Å². The number of allylic oxidation sites excluding steroid dienone is 5. The van der Waals surface area contributed by atoms with Gasteiger partial charge in [-0.1, -0.05) is 236 Å². The van der Waals surface area contributed by atoms with E-state index in [1.807, 2.05) is 170 Å². The number of carbonyl (C=O) groups is 8. The number of methoxy groups -OCH3 is 1. The third kappa shape index (κ3) is 46.0. The normalized spacial score (nSPS) is 11.3. The molecule has 1 aliphatic carbocycles. The molecule has 6 aromatic heterocycles. The van der Waals surface area contributed by atoms with E-state index < -0.39 is 22.5 Å². The van der Waals surface area contributed by atoms with Crippen LogP contribution < -0.4 is 4.74 Å². The summed E-state index contributed by atoms with van der Waals surface area (Å²) in [4.78, 5) is 110. The number of rotatable bonds is 18. The molecule has 14 aromatic rings. The smallest absolute Gasteiger partial charge is 0.145 e. The molecule has 1 aliphatic rings. The quantitative estimate of drug-likeness (QED) is 0.0575. The number of Topliss-reactive ketones (excluding diaryl/α,β-unsaturated/α-hetero) is 8. The molecular weight excluding hydrogens is 2630 g/mol. The molecular formula is C117H124F2Ir5N6O9-6. The molecule has 1 unspecified atom stereocenters. The van der Waals surface area contributed by atoms with E-state index in [0.717, 1.165) is 92.2 Å². The van der Waals surface area contributed by atoms with Crippen LogP contribution in [0.1, 0.15) is 203 Å². The Hall–Kier alpha value is -10.8. The predicted molar refractivity (Wildman–Crippen MR) is 540 cm³/mol. The zero-order chi connectivity index (χ0) is 98.8. The first-order valence-electron chi connectivity index (χ1n) is 44.6. The Morgan fingerprint density at radius 1 is 0.482 bits per heavy atom. The van der Waals surface area contributed by atoms with Crippen LogP contribution in [0.25, 0.3) is 100 Å². The van der Waals surface area contributed by atoms with Gasteiger partial charge >= 0.3 is 0 Å². The summed E-state index contributed by atoms with van der Waals surface area (Å²) in [5.41, 5.74) is 18.7. The van der Waals surface area contributed by atoms with Gasteiger partial charge in [-0.15, -0.1) is 137 Å². The first-order valence-corrected chi connectivity index (χ1v) is 44.6. The largest absolute Gasteiger partial charge is 0.497 e. The molecule has 1 atom stereocenters. The molecule has 6 heterocycles. The standard InChI is InChI=1S/C21H22N.C20H22N.C15H10N.C12H8F2NO.C12H10N.C11H8N.C11H20O2.3C5H8O2.5Ir/c1-14(2)10-17-6-5-7-21-19(17)8-9-20(22-21)18-12-15(3)11-16(4)13-18;1-13(2)17-6-5-7-20-18(17)8-9-19(21-20)16-11-14(3)10-15(4)12-16;1-2-7-13(8-3-1)15-14-9-5-4-6-12(14)10-11-16-15;1-16-9-4-5-15-12(7-9)10-3-2-8(13)6-11(10)14;1-2-5-11-9-8-10-6-3-4-7-12(10)13-11;1-2-6-10(7-3-1)11-8-4-5-9-12-11;1-10(2,3)8(12)7-9(13)11(4,5)6;3*1-4(6)3-5(2)7;;;;;/h5-9,11-12,14H,10H2,1-4H3;5-10,13-14H,11H2,1-4H3;1-7,9-11H;2,4-7H,1H3;3-9H,1H3;1-6,8-9H;7H2,1-6H3;3*3H2,1-2H3;;;;;/q6*-1;;;;;;;;;. The first kappa shape index (κ1) is 126. The molecule has 139 heavy (non-hydrogen) atoms. The number of ether oxygens (including phenoxy) is 1. The second-order valence-corrected chi connectivity index (χ2v) is 35.3. The molecule has 741 valence electrons. The molecule has 5 radical (unpaired) electrons. The van der Waals surface area contributed by atoms with Crippen LogP contribution in [0.15, 0.2) is 261 Å². The van der Waals surface area contributed by atoms with Crippen molar-refractivity contribution in [2.45, 2.75) is 190 Å². The minimum atomic E-state index is -0.694. The Bertz CT molecular complexity index is 6210. The monoisotopic (exact) mass is 2760 g/mol. The van der Waals surface area contributed by atoms with Crippen molar-refractivity contribution >= 4 is 101 Å². The summed E-state index contributed by atoms with van der Waals surface area (Å²) in [5.74, 6) is 0.609. The summed E-state index contributed by atoms with van der Waals surface area (Å²) >= 11 is 0. The Labute approximate surface area is 888 Å². The minimum Gasteiger partial charge on any atom is -0.497 e. The second-order valence-electron chi connectivity index (χ2n) is 35.3. The molecule has 0 bridgehead atoms. The Morgan fingerprint density at radius 3 is 1.53 bits per heavy atom. The van der Waals surface area contributed by atoms with E-state index in [1.165, 1.54) is 110 Å². The molecule has 22 heteroatoms. The summed E-state index contributed by atoms with van der Waals surface area (Å²) in [6.45, 7) is 38.9. The first-order chi connectivity index (χ1) is 63.5. The maximum Gasteiger partial charge on any atom is 0.145 e. The predicted octanol–water partition coefficient (Wildman–Crippen LogP) is 27.5. The summed E-state index contributed by atoms with van der Waals surface area (Å²) in [6, 6.07) is 87.3. The maximum absolute atomic E-state index is 13.4. The van der Waals surface area contributed by atoms with Crippen molar-refractivity contribution in [1.29, 1.82) is 0 Å². The number of carbonyl (C=O) groups excluding carboxylic acids is 8. The minimum absolute atomic E-state index is 0. The Morgan fingerprint density at radius 2 is 1.01 bits per heavy atom. The van der Waals surface area contributed by atoms with Crippen molar-refractivity contribution < 1.29 is 152 Å². The van der Waals surface area contributed by atoms with Crippen LogP contribution in [0.5, 0.6) is 5.75 Å². The van der Waals surface area contributed by atoms with Gasteiger partial charge in [0.2, 0.25) is 0 Å². The number of halogens is 2. The molecule has 0 saturated carbocycles. The number of fused-ring (bicyclic) bond motifs is 4. The van der Waals surface area contributed by atoms with Gasteiger partial charge in [-0.25, -0.2) is 6.08 Å². The summed E-state index contributed by atoms with van der Waals surface area (Å²) in [7, 11) is 1.50. The van der Waals surface area contributed by atoms with Gasteiger partial charge in [0.25, 0.3) is 0 Å². The van der Waals surface area contributed by atoms with E-state index in [-0.39, 0.29) is 178 Å². The Balaban J connectivity index is 0.000000785. The van der Waals surface area contributed by atoms with Crippen LogP contribution in [0.4, 0.5) is 8.78 Å². The van der Waals surface area contributed by atoms with Gasteiger partial charge < -0.3 is 29.7 Å².